The number of aromatic nitrogens is 1. The monoisotopic (exact) mass is 417 g/mol. The Morgan fingerprint density at radius 1 is 1.03 bits per heavy atom. The lowest BCUT2D eigenvalue weighted by atomic mass is 10.1. The number of ether oxygens (including phenoxy) is 1. The van der Waals surface area contributed by atoms with E-state index in [0.717, 1.165) is 12.1 Å². The van der Waals surface area contributed by atoms with Crippen molar-refractivity contribution in [3.8, 4) is 5.88 Å². The lowest BCUT2D eigenvalue weighted by Gasteiger charge is -2.08. The number of hydrogen-bond donors (Lipinski definition) is 4. The van der Waals surface area contributed by atoms with E-state index < -0.39 is 33.7 Å². The molecule has 0 aliphatic heterocycles. The van der Waals surface area contributed by atoms with Crippen LogP contribution in [0.4, 0.5) is 10.5 Å². The van der Waals surface area contributed by atoms with E-state index in [1.807, 2.05) is 0 Å². The molecule has 0 bridgehead atoms. The van der Waals surface area contributed by atoms with Crippen LogP contribution in [0.5, 0.6) is 5.88 Å². The number of aromatic amines is 1. The summed E-state index contributed by atoms with van der Waals surface area (Å²) in [6.45, 7) is 0. The third-order valence-electron chi connectivity index (χ3n) is 3.94. The van der Waals surface area contributed by atoms with Gasteiger partial charge in [0.2, 0.25) is 5.88 Å². The van der Waals surface area contributed by atoms with Crippen LogP contribution in [0.2, 0.25) is 0 Å². The number of H-pyrrole nitrogens is 1. The Morgan fingerprint density at radius 2 is 1.69 bits per heavy atom. The van der Waals surface area contributed by atoms with Gasteiger partial charge in [0.1, 0.15) is 0 Å². The molecule has 3 rings (SSSR count). The molecule has 29 heavy (non-hydrogen) atoms. The molecule has 0 unspecified atom stereocenters. The lowest BCUT2D eigenvalue weighted by molar-refractivity contribution is -0.115. The van der Waals surface area contributed by atoms with Crippen molar-refractivity contribution in [1.82, 2.24) is 9.71 Å². The Balaban J connectivity index is 1.81. The molecule has 1 heterocycles. The highest BCUT2D eigenvalue weighted by Crippen LogP contribution is 2.27. The number of sulfonamides is 1. The molecule has 0 saturated carbocycles. The molecule has 0 radical (unpaired) electrons. The van der Waals surface area contributed by atoms with E-state index in [9.17, 15) is 27.9 Å². The van der Waals surface area contributed by atoms with Gasteiger partial charge in [-0.25, -0.2) is 17.9 Å². The van der Waals surface area contributed by atoms with Crippen molar-refractivity contribution in [2.24, 2.45) is 0 Å². The average Bonchev–Trinajstić information content (AvgIpc) is 3.03. The van der Waals surface area contributed by atoms with Gasteiger partial charge in [0, 0.05) is 16.6 Å². The minimum absolute atomic E-state index is 0.266. The average molecular weight is 417 g/mol. The summed E-state index contributed by atoms with van der Waals surface area (Å²) in [7, 11) is -3.20. The molecule has 3 aromatic rings. The molecule has 1 aromatic heterocycles. The largest absolute Gasteiger partial charge is 0.494 e. The first-order chi connectivity index (χ1) is 13.7. The second kappa shape index (κ2) is 7.64. The van der Waals surface area contributed by atoms with Crippen LogP contribution in [0.3, 0.4) is 0 Å². The number of methoxy groups -OCH3 is 1. The summed E-state index contributed by atoms with van der Waals surface area (Å²) >= 11 is 0. The number of carbonyl (C=O) groups is 3. The summed E-state index contributed by atoms with van der Waals surface area (Å²) in [4.78, 5) is 38.1. The molecular weight excluding hydrogens is 402 g/mol. The van der Waals surface area contributed by atoms with Gasteiger partial charge in [-0.3, -0.25) is 14.9 Å². The first kappa shape index (κ1) is 19.9. The number of anilines is 1. The molecule has 0 spiro atoms. The van der Waals surface area contributed by atoms with Crippen LogP contribution in [0.15, 0.2) is 53.4 Å². The summed E-state index contributed by atoms with van der Waals surface area (Å²) in [5, 5.41) is 12.6. The smallest absolute Gasteiger partial charge is 0.411 e. The summed E-state index contributed by atoms with van der Waals surface area (Å²) in [5.41, 5.74) is 0.352. The summed E-state index contributed by atoms with van der Waals surface area (Å²) in [5.74, 6) is -3.18. The Morgan fingerprint density at radius 3 is 2.34 bits per heavy atom. The summed E-state index contributed by atoms with van der Waals surface area (Å²) in [6, 6.07) is 11.2. The normalized spacial score (nSPS) is 11.1. The number of para-hydroxylation sites is 1. The number of fused-ring (bicyclic) bond motifs is 1. The van der Waals surface area contributed by atoms with E-state index in [0.29, 0.717) is 5.52 Å². The van der Waals surface area contributed by atoms with Crippen LogP contribution in [0.25, 0.3) is 10.9 Å². The van der Waals surface area contributed by atoms with Crippen LogP contribution in [0.1, 0.15) is 10.4 Å². The highest BCUT2D eigenvalue weighted by molar-refractivity contribution is 7.90. The van der Waals surface area contributed by atoms with Crippen LogP contribution in [-0.2, 0) is 19.6 Å². The van der Waals surface area contributed by atoms with Gasteiger partial charge in [0.05, 0.1) is 17.6 Å². The Hall–Kier alpha value is -3.86. The van der Waals surface area contributed by atoms with Crippen molar-refractivity contribution in [3.05, 3.63) is 54.1 Å². The number of Topliss-reactive ketones (excluding diaryl/α,β-unsaturated/α-hetero) is 1. The van der Waals surface area contributed by atoms with Gasteiger partial charge in [0.15, 0.2) is 0 Å². The molecule has 0 aliphatic rings. The summed E-state index contributed by atoms with van der Waals surface area (Å²) < 4.78 is 30.9. The van der Waals surface area contributed by atoms with Gasteiger partial charge in [-0.15, -0.1) is 0 Å². The second-order valence-electron chi connectivity index (χ2n) is 5.80. The number of aromatic hydroxyl groups is 1. The van der Waals surface area contributed by atoms with Crippen molar-refractivity contribution in [3.63, 3.8) is 0 Å². The van der Waals surface area contributed by atoms with E-state index in [4.69, 9.17) is 0 Å². The Labute approximate surface area is 164 Å². The maximum atomic E-state index is 12.4. The third kappa shape index (κ3) is 4.04. The first-order valence-electron chi connectivity index (χ1n) is 8.09. The van der Waals surface area contributed by atoms with Crippen molar-refractivity contribution < 1.29 is 32.6 Å². The predicted molar refractivity (Wildman–Crippen MR) is 102 cm³/mol. The van der Waals surface area contributed by atoms with Crippen molar-refractivity contribution in [1.29, 1.82) is 0 Å². The minimum atomic E-state index is -4.37. The first-order valence-corrected chi connectivity index (χ1v) is 9.57. The van der Waals surface area contributed by atoms with Gasteiger partial charge in [0.25, 0.3) is 15.8 Å². The molecule has 0 atom stereocenters. The van der Waals surface area contributed by atoms with Gasteiger partial charge in [-0.2, -0.15) is 0 Å². The van der Waals surface area contributed by atoms with E-state index in [1.54, 1.807) is 22.9 Å². The SMILES string of the molecule is COC(=O)Nc1ccc(S(=O)(=O)NC(=O)C(=O)c2c(O)[nH]c3ccccc23)cc1. The van der Waals surface area contributed by atoms with Crippen LogP contribution in [-0.4, -0.2) is 43.4 Å². The molecule has 10 nitrogen and oxygen atoms in total. The number of ketones is 1. The minimum Gasteiger partial charge on any atom is -0.494 e. The lowest BCUT2D eigenvalue weighted by Crippen LogP contribution is -2.36. The molecule has 4 N–H and O–H groups in total. The number of benzene rings is 2. The number of carbonyl (C=O) groups excluding carboxylic acids is 3. The quantitative estimate of drug-likeness (QED) is 0.364. The molecule has 150 valence electrons. The molecule has 0 saturated heterocycles. The van der Waals surface area contributed by atoms with Crippen molar-refractivity contribution in [2.75, 3.05) is 12.4 Å². The van der Waals surface area contributed by atoms with E-state index in [-0.39, 0.29) is 21.5 Å². The fourth-order valence-corrected chi connectivity index (χ4v) is 3.53. The summed E-state index contributed by atoms with van der Waals surface area (Å²) in [6.07, 6.45) is -0.738. The fraction of sp³-hybridized carbons (Fsp3) is 0.0556. The van der Waals surface area contributed by atoms with E-state index in [2.05, 4.69) is 15.0 Å². The number of amides is 2. The fourth-order valence-electron chi connectivity index (χ4n) is 2.58. The zero-order chi connectivity index (χ0) is 21.2. The predicted octanol–water partition coefficient (Wildman–Crippen LogP) is 1.74. The molecule has 0 fully saturated rings. The molecule has 0 aliphatic carbocycles. The molecular formula is C18H15N3O7S. The maximum Gasteiger partial charge on any atom is 0.411 e. The maximum absolute atomic E-state index is 12.4. The van der Waals surface area contributed by atoms with Gasteiger partial charge in [-0.1, -0.05) is 18.2 Å². The topological polar surface area (TPSA) is 155 Å². The van der Waals surface area contributed by atoms with Gasteiger partial charge in [-0.05, 0) is 30.3 Å². The van der Waals surface area contributed by atoms with Gasteiger partial charge < -0.3 is 14.8 Å². The number of nitrogens with one attached hydrogen (secondary N) is 3. The standard InChI is InChI=1S/C18H15N3O7S/c1-28-18(25)19-10-6-8-11(9-7-10)29(26,27)21-17(24)15(22)14-12-4-2-3-5-13(12)20-16(14)23/h2-9,20,23H,1H3,(H,19,25)(H,21,24). The van der Waals surface area contributed by atoms with E-state index >= 15 is 0 Å². The Kier molecular flexibility index (Phi) is 5.24. The third-order valence-corrected chi connectivity index (χ3v) is 5.29. The second-order valence-corrected chi connectivity index (χ2v) is 7.48. The Bertz CT molecular complexity index is 1210. The highest BCUT2D eigenvalue weighted by atomic mass is 32.2. The van der Waals surface area contributed by atoms with Gasteiger partial charge >= 0.3 is 12.0 Å². The molecule has 2 aromatic carbocycles. The molecule has 11 heteroatoms. The number of hydrogen-bond acceptors (Lipinski definition) is 7. The molecule has 2 amide bonds. The van der Waals surface area contributed by atoms with Crippen LogP contribution < -0.4 is 10.0 Å². The zero-order valence-electron chi connectivity index (χ0n) is 14.9. The van der Waals surface area contributed by atoms with E-state index in [1.165, 1.54) is 25.3 Å². The van der Waals surface area contributed by atoms with Crippen molar-refractivity contribution >= 4 is 44.4 Å². The number of rotatable bonds is 5. The highest BCUT2D eigenvalue weighted by Gasteiger charge is 2.28. The zero-order valence-corrected chi connectivity index (χ0v) is 15.7. The van der Waals surface area contributed by atoms with Crippen molar-refractivity contribution in [2.45, 2.75) is 4.90 Å². The van der Waals surface area contributed by atoms with Crippen LogP contribution in [0, 0.1) is 0 Å². The van der Waals surface area contributed by atoms with Crippen LogP contribution >= 0.6 is 0 Å².